The van der Waals surface area contributed by atoms with Crippen LogP contribution >= 0.6 is 0 Å². The van der Waals surface area contributed by atoms with Gasteiger partial charge in [-0.1, -0.05) is 6.07 Å². The molecule has 1 saturated heterocycles. The average Bonchev–Trinajstić information content (AvgIpc) is 3.11. The molecule has 5 nitrogen and oxygen atoms in total. The Morgan fingerprint density at radius 2 is 2.08 bits per heavy atom. The van der Waals surface area contributed by atoms with E-state index >= 15 is 0 Å². The molecule has 2 aromatic carbocycles. The molecule has 0 aliphatic carbocycles. The maximum Gasteiger partial charge on any atom is 0.319 e. The molecule has 6 heteroatoms. The number of hydrogen-bond acceptors (Lipinski definition) is 3. The van der Waals surface area contributed by atoms with Crippen molar-refractivity contribution in [1.29, 1.82) is 0 Å². The van der Waals surface area contributed by atoms with Crippen LogP contribution in [-0.2, 0) is 0 Å². The van der Waals surface area contributed by atoms with Crippen molar-refractivity contribution >= 4 is 17.4 Å². The summed E-state index contributed by atoms with van der Waals surface area (Å²) in [7, 11) is 1.66. The van der Waals surface area contributed by atoms with Gasteiger partial charge in [-0.15, -0.1) is 0 Å². The first-order valence-corrected chi connectivity index (χ1v) is 8.33. The van der Waals surface area contributed by atoms with Gasteiger partial charge in [-0.3, -0.25) is 0 Å². The van der Waals surface area contributed by atoms with Gasteiger partial charge in [-0.25, -0.2) is 9.18 Å². The quantitative estimate of drug-likeness (QED) is 0.874. The van der Waals surface area contributed by atoms with E-state index < -0.39 is 0 Å². The van der Waals surface area contributed by atoms with E-state index in [1.54, 1.807) is 7.11 Å². The van der Waals surface area contributed by atoms with Gasteiger partial charge in [0.15, 0.2) is 0 Å². The molecule has 1 aliphatic rings. The summed E-state index contributed by atoms with van der Waals surface area (Å²) >= 11 is 0. The van der Waals surface area contributed by atoms with Crippen molar-refractivity contribution in [3.8, 4) is 5.75 Å². The number of anilines is 2. The van der Waals surface area contributed by atoms with Crippen molar-refractivity contribution in [3.63, 3.8) is 0 Å². The first kappa shape index (κ1) is 17.1. The molecule has 2 aromatic rings. The van der Waals surface area contributed by atoms with Crippen LogP contribution in [0.25, 0.3) is 0 Å². The predicted octanol–water partition coefficient (Wildman–Crippen LogP) is 3.48. The van der Waals surface area contributed by atoms with E-state index in [9.17, 15) is 9.18 Å². The lowest BCUT2D eigenvalue weighted by molar-refractivity contribution is 0.250. The smallest absolute Gasteiger partial charge is 0.319 e. The summed E-state index contributed by atoms with van der Waals surface area (Å²) in [6.07, 6.45) is 1.02. The molecule has 0 spiro atoms. The predicted molar refractivity (Wildman–Crippen MR) is 96.7 cm³/mol. The number of urea groups is 1. The molecule has 25 heavy (non-hydrogen) atoms. The number of rotatable bonds is 5. The maximum absolute atomic E-state index is 12.9. The van der Waals surface area contributed by atoms with Gasteiger partial charge in [0, 0.05) is 37.1 Å². The normalized spacial score (nSPS) is 16.6. The molecule has 3 rings (SSSR count). The van der Waals surface area contributed by atoms with Crippen molar-refractivity contribution < 1.29 is 13.9 Å². The molecule has 1 aliphatic heterocycles. The van der Waals surface area contributed by atoms with E-state index in [1.807, 2.05) is 18.2 Å². The topological polar surface area (TPSA) is 53.6 Å². The Morgan fingerprint density at radius 3 is 2.84 bits per heavy atom. The zero-order valence-electron chi connectivity index (χ0n) is 14.2. The van der Waals surface area contributed by atoms with Gasteiger partial charge in [0.1, 0.15) is 11.6 Å². The van der Waals surface area contributed by atoms with Crippen molar-refractivity contribution in [3.05, 3.63) is 54.3 Å². The highest BCUT2D eigenvalue weighted by molar-refractivity contribution is 5.89. The van der Waals surface area contributed by atoms with Crippen molar-refractivity contribution in [2.45, 2.75) is 6.42 Å². The van der Waals surface area contributed by atoms with Crippen LogP contribution in [0, 0.1) is 11.7 Å². The summed E-state index contributed by atoms with van der Waals surface area (Å²) in [5.74, 6) is 0.914. The summed E-state index contributed by atoms with van der Waals surface area (Å²) in [5.41, 5.74) is 1.71. The first-order chi connectivity index (χ1) is 12.1. The number of nitrogens with zero attached hydrogens (tertiary/aromatic N) is 1. The minimum Gasteiger partial charge on any atom is -0.497 e. The van der Waals surface area contributed by atoms with E-state index in [-0.39, 0.29) is 11.8 Å². The van der Waals surface area contributed by atoms with Crippen LogP contribution in [0.1, 0.15) is 6.42 Å². The van der Waals surface area contributed by atoms with Crippen molar-refractivity contribution in [1.82, 2.24) is 5.32 Å². The number of amides is 2. The number of benzene rings is 2. The Balaban J connectivity index is 1.46. The summed E-state index contributed by atoms with van der Waals surface area (Å²) in [6, 6.07) is 13.4. The number of nitrogens with one attached hydrogen (secondary N) is 2. The second-order valence-corrected chi connectivity index (χ2v) is 6.14. The Labute approximate surface area is 146 Å². The Bertz CT molecular complexity index is 721. The third-order valence-electron chi connectivity index (χ3n) is 4.36. The fourth-order valence-corrected chi connectivity index (χ4v) is 2.99. The summed E-state index contributed by atoms with van der Waals surface area (Å²) in [5, 5.41) is 5.59. The molecule has 0 aromatic heterocycles. The molecule has 1 unspecified atom stereocenters. The highest BCUT2D eigenvalue weighted by Gasteiger charge is 2.23. The fourth-order valence-electron chi connectivity index (χ4n) is 2.99. The standard InChI is InChI=1S/C19H22FN3O2/c1-25-18-4-2-3-17(11-18)23-10-9-14(13-23)12-21-19(24)22-16-7-5-15(20)6-8-16/h2-8,11,14H,9-10,12-13H2,1H3,(H2,21,22,24). The molecule has 1 fully saturated rings. The monoisotopic (exact) mass is 343 g/mol. The van der Waals surface area contributed by atoms with E-state index in [1.165, 1.54) is 24.3 Å². The lowest BCUT2D eigenvalue weighted by atomic mass is 10.1. The Kier molecular flexibility index (Phi) is 5.38. The molecule has 132 valence electrons. The average molecular weight is 343 g/mol. The van der Waals surface area contributed by atoms with Gasteiger partial charge < -0.3 is 20.3 Å². The van der Waals surface area contributed by atoms with E-state index in [0.717, 1.165) is 30.9 Å². The molecule has 2 amide bonds. The molecule has 0 radical (unpaired) electrons. The van der Waals surface area contributed by atoms with Gasteiger partial charge in [-0.05, 0) is 48.7 Å². The van der Waals surface area contributed by atoms with Crippen molar-refractivity contribution in [2.75, 3.05) is 37.0 Å². The summed E-state index contributed by atoms with van der Waals surface area (Å²) in [6.45, 7) is 2.45. The minimum absolute atomic E-state index is 0.272. The van der Waals surface area contributed by atoms with Crippen LogP contribution in [0.2, 0.25) is 0 Å². The van der Waals surface area contributed by atoms with Gasteiger partial charge in [0.25, 0.3) is 0 Å². The second kappa shape index (κ2) is 7.88. The third kappa shape index (κ3) is 4.62. The number of hydrogen-bond donors (Lipinski definition) is 2. The van der Waals surface area contributed by atoms with Crippen LogP contribution in [0.3, 0.4) is 0 Å². The Morgan fingerprint density at radius 1 is 1.28 bits per heavy atom. The maximum atomic E-state index is 12.9. The SMILES string of the molecule is COc1cccc(N2CCC(CNC(=O)Nc3ccc(F)cc3)C2)c1. The van der Waals surface area contributed by atoms with E-state index in [2.05, 4.69) is 21.6 Å². The highest BCUT2D eigenvalue weighted by atomic mass is 19.1. The first-order valence-electron chi connectivity index (χ1n) is 8.33. The van der Waals surface area contributed by atoms with Gasteiger partial charge in [-0.2, -0.15) is 0 Å². The summed E-state index contributed by atoms with van der Waals surface area (Å²) in [4.78, 5) is 14.2. The lowest BCUT2D eigenvalue weighted by Gasteiger charge is -2.19. The van der Waals surface area contributed by atoms with Crippen LogP contribution in [0.4, 0.5) is 20.6 Å². The lowest BCUT2D eigenvalue weighted by Crippen LogP contribution is -2.34. The van der Waals surface area contributed by atoms with Crippen LogP contribution in [0.5, 0.6) is 5.75 Å². The van der Waals surface area contributed by atoms with E-state index in [0.29, 0.717) is 18.2 Å². The molecule has 2 N–H and O–H groups in total. The zero-order valence-corrected chi connectivity index (χ0v) is 14.2. The van der Waals surface area contributed by atoms with E-state index in [4.69, 9.17) is 4.74 Å². The number of carbonyl (C=O) groups excluding carboxylic acids is 1. The van der Waals surface area contributed by atoms with Crippen LogP contribution in [0.15, 0.2) is 48.5 Å². The number of carbonyl (C=O) groups is 1. The summed E-state index contributed by atoms with van der Waals surface area (Å²) < 4.78 is 18.1. The fraction of sp³-hybridized carbons (Fsp3) is 0.316. The number of ether oxygens (including phenoxy) is 1. The van der Waals surface area contributed by atoms with Crippen LogP contribution in [-0.4, -0.2) is 32.8 Å². The molecule has 0 bridgehead atoms. The van der Waals surface area contributed by atoms with Gasteiger partial charge in [0.05, 0.1) is 7.11 Å². The van der Waals surface area contributed by atoms with Crippen LogP contribution < -0.4 is 20.3 Å². The van der Waals surface area contributed by atoms with Gasteiger partial charge >= 0.3 is 6.03 Å². The molecule has 1 atom stereocenters. The van der Waals surface area contributed by atoms with Crippen molar-refractivity contribution in [2.24, 2.45) is 5.92 Å². The number of halogens is 1. The Hall–Kier alpha value is -2.76. The molecule has 1 heterocycles. The second-order valence-electron chi connectivity index (χ2n) is 6.14. The molecular weight excluding hydrogens is 321 g/mol. The minimum atomic E-state index is -0.324. The largest absolute Gasteiger partial charge is 0.497 e. The third-order valence-corrected chi connectivity index (χ3v) is 4.36. The highest BCUT2D eigenvalue weighted by Crippen LogP contribution is 2.26. The molecular formula is C19H22FN3O2. The molecule has 0 saturated carbocycles. The number of methoxy groups -OCH3 is 1. The van der Waals surface area contributed by atoms with Gasteiger partial charge in [0.2, 0.25) is 0 Å². The zero-order chi connectivity index (χ0) is 17.6.